The van der Waals surface area contributed by atoms with Crippen molar-refractivity contribution in [2.24, 2.45) is 0 Å². The molecule has 1 aromatic rings. The number of nitrogens with zero attached hydrogens (tertiary/aromatic N) is 1. The summed E-state index contributed by atoms with van der Waals surface area (Å²) >= 11 is 3.35. The monoisotopic (exact) mass is 344 g/mol. The van der Waals surface area contributed by atoms with Crippen LogP contribution >= 0.6 is 15.9 Å². The number of unbranched alkanes of at least 4 members (excludes halogenated alkanes) is 1. The molecule has 0 amide bonds. The van der Waals surface area contributed by atoms with Crippen molar-refractivity contribution in [2.45, 2.75) is 33.1 Å². The fourth-order valence-electron chi connectivity index (χ4n) is 1.75. The first-order valence-corrected chi connectivity index (χ1v) is 7.61. The zero-order chi connectivity index (χ0) is 15.0. The van der Waals surface area contributed by atoms with Gasteiger partial charge in [-0.25, -0.2) is 0 Å². The number of nitro benzene ring substituents is 1. The molecule has 0 aromatic heterocycles. The smallest absolute Gasteiger partial charge is 0.273 e. The number of nitro groups is 1. The van der Waals surface area contributed by atoms with Crippen LogP contribution in [-0.4, -0.2) is 24.7 Å². The van der Waals surface area contributed by atoms with Crippen molar-refractivity contribution in [3.8, 4) is 0 Å². The van der Waals surface area contributed by atoms with E-state index in [1.165, 1.54) is 6.07 Å². The van der Waals surface area contributed by atoms with Gasteiger partial charge in [0.15, 0.2) is 0 Å². The second-order valence-corrected chi connectivity index (χ2v) is 5.48. The maximum atomic E-state index is 10.8. The first-order chi connectivity index (χ1) is 9.56. The third kappa shape index (κ3) is 5.46. The first kappa shape index (κ1) is 16.9. The Morgan fingerprint density at radius 2 is 2.05 bits per heavy atom. The normalized spacial score (nSPS) is 10.6. The molecule has 0 aliphatic rings. The van der Waals surface area contributed by atoms with Gasteiger partial charge in [0.2, 0.25) is 0 Å². The van der Waals surface area contributed by atoms with Crippen molar-refractivity contribution >= 4 is 27.3 Å². The van der Waals surface area contributed by atoms with Crippen LogP contribution < -0.4 is 5.32 Å². The Kier molecular flexibility index (Phi) is 7.54. The molecule has 0 heterocycles. The van der Waals surface area contributed by atoms with Crippen LogP contribution in [0.5, 0.6) is 0 Å². The molecular weight excluding hydrogens is 324 g/mol. The SMILES string of the molecule is CCCCOCCCNc1cc(C)c([N+](=O)[O-])cc1Br. The van der Waals surface area contributed by atoms with Crippen LogP contribution in [0.1, 0.15) is 31.7 Å². The highest BCUT2D eigenvalue weighted by Crippen LogP contribution is 2.30. The molecule has 0 bridgehead atoms. The summed E-state index contributed by atoms with van der Waals surface area (Å²) in [5, 5.41) is 14.1. The van der Waals surface area contributed by atoms with Crippen LogP contribution in [0.25, 0.3) is 0 Å². The van der Waals surface area contributed by atoms with E-state index >= 15 is 0 Å². The van der Waals surface area contributed by atoms with Crippen molar-refractivity contribution in [1.82, 2.24) is 0 Å². The van der Waals surface area contributed by atoms with Crippen LogP contribution in [-0.2, 0) is 4.74 Å². The van der Waals surface area contributed by atoms with E-state index in [1.54, 1.807) is 13.0 Å². The summed E-state index contributed by atoms with van der Waals surface area (Å²) in [4.78, 5) is 10.4. The zero-order valence-electron chi connectivity index (χ0n) is 11.9. The predicted molar refractivity (Wildman–Crippen MR) is 84.4 cm³/mol. The van der Waals surface area contributed by atoms with Crippen LogP contribution in [0.4, 0.5) is 11.4 Å². The second-order valence-electron chi connectivity index (χ2n) is 4.62. The highest BCUT2D eigenvalue weighted by atomic mass is 79.9. The quantitative estimate of drug-likeness (QED) is 0.412. The van der Waals surface area contributed by atoms with Gasteiger partial charge in [-0.15, -0.1) is 0 Å². The Morgan fingerprint density at radius 3 is 2.70 bits per heavy atom. The molecule has 0 aliphatic carbocycles. The van der Waals surface area contributed by atoms with Gasteiger partial charge in [-0.05, 0) is 41.8 Å². The minimum atomic E-state index is -0.370. The zero-order valence-corrected chi connectivity index (χ0v) is 13.5. The Labute approximate surface area is 128 Å². The second kappa shape index (κ2) is 8.92. The van der Waals surface area contributed by atoms with E-state index in [0.717, 1.165) is 44.7 Å². The highest BCUT2D eigenvalue weighted by molar-refractivity contribution is 9.10. The number of ether oxygens (including phenoxy) is 1. The van der Waals surface area contributed by atoms with Crippen LogP contribution in [0.2, 0.25) is 0 Å². The lowest BCUT2D eigenvalue weighted by molar-refractivity contribution is -0.385. The molecule has 0 radical (unpaired) electrons. The third-order valence-electron chi connectivity index (χ3n) is 2.91. The molecule has 1 rings (SSSR count). The Bertz CT molecular complexity index is 452. The molecule has 6 heteroatoms. The van der Waals surface area contributed by atoms with Gasteiger partial charge in [-0.3, -0.25) is 10.1 Å². The van der Waals surface area contributed by atoms with Crippen molar-refractivity contribution in [2.75, 3.05) is 25.1 Å². The molecule has 1 N–H and O–H groups in total. The van der Waals surface area contributed by atoms with Gasteiger partial charge in [-0.2, -0.15) is 0 Å². The summed E-state index contributed by atoms with van der Waals surface area (Å²) in [5.41, 5.74) is 1.66. The van der Waals surface area contributed by atoms with E-state index < -0.39 is 0 Å². The first-order valence-electron chi connectivity index (χ1n) is 6.82. The molecule has 0 saturated carbocycles. The lowest BCUT2D eigenvalue weighted by atomic mass is 10.2. The fourth-order valence-corrected chi connectivity index (χ4v) is 2.22. The highest BCUT2D eigenvalue weighted by Gasteiger charge is 2.13. The third-order valence-corrected chi connectivity index (χ3v) is 3.56. The Balaban J connectivity index is 2.41. The van der Waals surface area contributed by atoms with Gasteiger partial charge >= 0.3 is 0 Å². The minimum absolute atomic E-state index is 0.130. The van der Waals surface area contributed by atoms with Gasteiger partial charge < -0.3 is 10.1 Å². The number of benzene rings is 1. The van der Waals surface area contributed by atoms with Gasteiger partial charge in [-0.1, -0.05) is 13.3 Å². The van der Waals surface area contributed by atoms with E-state index in [2.05, 4.69) is 28.2 Å². The van der Waals surface area contributed by atoms with Gasteiger partial charge in [0, 0.05) is 41.5 Å². The number of hydrogen-bond acceptors (Lipinski definition) is 4. The molecule has 0 aliphatic heterocycles. The molecule has 20 heavy (non-hydrogen) atoms. The number of nitrogens with one attached hydrogen (secondary N) is 1. The van der Waals surface area contributed by atoms with Crippen molar-refractivity contribution in [3.05, 3.63) is 32.3 Å². The number of halogens is 1. The van der Waals surface area contributed by atoms with Crippen molar-refractivity contribution < 1.29 is 9.66 Å². The van der Waals surface area contributed by atoms with Gasteiger partial charge in [0.1, 0.15) is 0 Å². The Morgan fingerprint density at radius 1 is 1.35 bits per heavy atom. The van der Waals surface area contributed by atoms with E-state index in [-0.39, 0.29) is 10.6 Å². The average Bonchev–Trinajstić information content (AvgIpc) is 2.40. The largest absolute Gasteiger partial charge is 0.384 e. The van der Waals surface area contributed by atoms with Gasteiger partial charge in [0.25, 0.3) is 5.69 Å². The molecule has 0 spiro atoms. The average molecular weight is 345 g/mol. The summed E-state index contributed by atoms with van der Waals surface area (Å²) in [6.45, 7) is 6.21. The Hall–Kier alpha value is -1.14. The summed E-state index contributed by atoms with van der Waals surface area (Å²) in [7, 11) is 0. The maximum Gasteiger partial charge on any atom is 0.273 e. The number of hydrogen-bond donors (Lipinski definition) is 1. The lowest BCUT2D eigenvalue weighted by Gasteiger charge is -2.10. The molecule has 0 saturated heterocycles. The van der Waals surface area contributed by atoms with Crippen molar-refractivity contribution in [1.29, 1.82) is 0 Å². The molecule has 5 nitrogen and oxygen atoms in total. The van der Waals surface area contributed by atoms with Crippen molar-refractivity contribution in [3.63, 3.8) is 0 Å². The summed E-state index contributed by atoms with van der Waals surface area (Å²) in [5.74, 6) is 0. The van der Waals surface area contributed by atoms with E-state index in [4.69, 9.17) is 4.74 Å². The molecular formula is C14H21BrN2O3. The van der Waals surface area contributed by atoms with Crippen LogP contribution in [0, 0.1) is 17.0 Å². The number of rotatable bonds is 9. The summed E-state index contributed by atoms with van der Waals surface area (Å²) in [6.07, 6.45) is 3.15. The molecule has 0 unspecified atom stereocenters. The van der Waals surface area contributed by atoms with Crippen LogP contribution in [0.15, 0.2) is 16.6 Å². The molecule has 0 fully saturated rings. The maximum absolute atomic E-state index is 10.8. The predicted octanol–water partition coefficient (Wildman–Crippen LogP) is 4.28. The van der Waals surface area contributed by atoms with Crippen LogP contribution in [0.3, 0.4) is 0 Å². The minimum Gasteiger partial charge on any atom is -0.384 e. The van der Waals surface area contributed by atoms with E-state index in [9.17, 15) is 10.1 Å². The molecule has 0 atom stereocenters. The lowest BCUT2D eigenvalue weighted by Crippen LogP contribution is -2.07. The summed E-state index contributed by atoms with van der Waals surface area (Å²) in [6, 6.07) is 3.33. The molecule has 112 valence electrons. The van der Waals surface area contributed by atoms with E-state index in [1.807, 2.05) is 0 Å². The van der Waals surface area contributed by atoms with E-state index in [0.29, 0.717) is 10.0 Å². The van der Waals surface area contributed by atoms with Gasteiger partial charge in [0.05, 0.1) is 4.92 Å². The summed E-state index contributed by atoms with van der Waals surface area (Å²) < 4.78 is 6.19. The standard InChI is InChI=1S/C14H21BrN2O3/c1-3-4-7-20-8-5-6-16-13-9-11(2)14(17(18)19)10-12(13)15/h9-10,16H,3-8H2,1-2H3. The fraction of sp³-hybridized carbons (Fsp3) is 0.571. The number of anilines is 1. The number of aryl methyl sites for hydroxylation is 1. The topological polar surface area (TPSA) is 64.4 Å². The molecule has 1 aromatic carbocycles.